The van der Waals surface area contributed by atoms with Crippen LogP contribution in [-0.4, -0.2) is 25.3 Å². The Labute approximate surface area is 461 Å². The predicted molar refractivity (Wildman–Crippen MR) is 297 cm³/mol. The molecule has 10 aromatic rings. The minimum absolute atomic E-state index is 0.0522. The molecule has 0 saturated heterocycles. The second-order valence-electron chi connectivity index (χ2n) is 16.8. The van der Waals surface area contributed by atoms with Crippen molar-refractivity contribution in [1.82, 2.24) is 0 Å². The molecule has 0 spiro atoms. The lowest BCUT2D eigenvalue weighted by Gasteiger charge is -2.11. The number of hydrogen-bond acceptors (Lipinski definition) is 12. The summed E-state index contributed by atoms with van der Waals surface area (Å²) in [6.07, 6.45) is 0. The third-order valence-corrected chi connectivity index (χ3v) is 17.9. The first-order valence-electron chi connectivity index (χ1n) is 23.3. The summed E-state index contributed by atoms with van der Waals surface area (Å²) in [6, 6.07) is 64.8. The van der Waals surface area contributed by atoms with E-state index in [1.54, 1.807) is 146 Å². The van der Waals surface area contributed by atoms with E-state index in [9.17, 15) is 25.3 Å². The molecule has 12 nitrogen and oxygen atoms in total. The highest BCUT2D eigenvalue weighted by Gasteiger charge is 2.21. The zero-order chi connectivity index (χ0) is 53.6. The van der Waals surface area contributed by atoms with Gasteiger partial charge in [0.1, 0.15) is 69.0 Å². The van der Waals surface area contributed by atoms with Crippen molar-refractivity contribution < 1.29 is 53.7 Å². The highest BCUT2D eigenvalue weighted by atomic mass is 79.9. The summed E-state index contributed by atoms with van der Waals surface area (Å²) in [5.74, 6) is 5.48. The first-order valence-corrected chi connectivity index (χ1v) is 29.3. The zero-order valence-corrected chi connectivity index (χ0v) is 45.6. The van der Waals surface area contributed by atoms with Crippen LogP contribution < -0.4 is 28.4 Å². The van der Waals surface area contributed by atoms with Gasteiger partial charge in [0.2, 0.25) is 29.5 Å². The van der Waals surface area contributed by atoms with Crippen LogP contribution in [0.1, 0.15) is 0 Å². The first kappa shape index (κ1) is 52.3. The number of halogens is 2. The Morgan fingerprint density at radius 1 is 0.208 bits per heavy atom. The van der Waals surface area contributed by atoms with Crippen LogP contribution in [-0.2, 0) is 29.5 Å². The lowest BCUT2D eigenvalue weighted by Crippen LogP contribution is -2.02. The number of ether oxygens (including phenoxy) is 6. The van der Waals surface area contributed by atoms with Crippen LogP contribution in [0.4, 0.5) is 0 Å². The molecule has 10 aromatic carbocycles. The Balaban J connectivity index is 0.712. The van der Waals surface area contributed by atoms with E-state index in [0.29, 0.717) is 69.0 Å². The van der Waals surface area contributed by atoms with Gasteiger partial charge < -0.3 is 28.4 Å². The van der Waals surface area contributed by atoms with Gasteiger partial charge in [0.05, 0.1) is 29.4 Å². The Morgan fingerprint density at radius 2 is 0.364 bits per heavy atom. The molecule has 384 valence electrons. The van der Waals surface area contributed by atoms with Crippen molar-refractivity contribution in [2.24, 2.45) is 0 Å². The predicted octanol–water partition coefficient (Wildman–Crippen LogP) is 16.5. The van der Waals surface area contributed by atoms with Gasteiger partial charge in [-0.1, -0.05) is 44.0 Å². The number of sulfone groups is 3. The molecule has 0 fully saturated rings. The van der Waals surface area contributed by atoms with Crippen LogP contribution >= 0.6 is 31.9 Å². The molecule has 0 atom stereocenters. The largest absolute Gasteiger partial charge is 0.457 e. The van der Waals surface area contributed by atoms with Crippen molar-refractivity contribution in [3.05, 3.63) is 252 Å². The maximum atomic E-state index is 13.7. The quantitative estimate of drug-likeness (QED) is 0.0802. The molecule has 0 aliphatic heterocycles. The zero-order valence-electron chi connectivity index (χ0n) is 40.0. The van der Waals surface area contributed by atoms with E-state index in [2.05, 4.69) is 31.9 Å². The molecule has 0 saturated carbocycles. The number of benzene rings is 10. The number of rotatable bonds is 18. The lowest BCUT2D eigenvalue weighted by molar-refractivity contribution is 0.459. The van der Waals surface area contributed by atoms with Crippen molar-refractivity contribution in [2.75, 3.05) is 0 Å². The molecular formula is C60H40Br2O12S3. The van der Waals surface area contributed by atoms with E-state index in [-0.39, 0.29) is 29.4 Å². The van der Waals surface area contributed by atoms with Crippen molar-refractivity contribution in [1.29, 1.82) is 0 Å². The Bertz CT molecular complexity index is 3770. The Morgan fingerprint density at radius 3 is 0.545 bits per heavy atom. The summed E-state index contributed by atoms with van der Waals surface area (Å²) in [7, 11) is -11.6. The van der Waals surface area contributed by atoms with Crippen LogP contribution in [0, 0.1) is 0 Å². The molecule has 0 bridgehead atoms. The van der Waals surface area contributed by atoms with Crippen LogP contribution in [0.3, 0.4) is 0 Å². The van der Waals surface area contributed by atoms with Gasteiger partial charge in [-0.3, -0.25) is 0 Å². The highest BCUT2D eigenvalue weighted by Crippen LogP contribution is 2.35. The Hall–Kier alpha value is -8.19. The van der Waals surface area contributed by atoms with Crippen molar-refractivity contribution in [3.63, 3.8) is 0 Å². The van der Waals surface area contributed by atoms with E-state index in [0.717, 1.165) is 8.95 Å². The molecule has 77 heavy (non-hydrogen) atoms. The monoisotopic (exact) mass is 1210 g/mol. The third kappa shape index (κ3) is 12.7. The van der Waals surface area contributed by atoms with Gasteiger partial charge in [-0.2, -0.15) is 0 Å². The third-order valence-electron chi connectivity index (χ3n) is 11.5. The van der Waals surface area contributed by atoms with Crippen molar-refractivity contribution in [3.8, 4) is 69.0 Å². The average Bonchev–Trinajstić information content (AvgIpc) is 3.45. The van der Waals surface area contributed by atoms with Gasteiger partial charge in [0.25, 0.3) is 0 Å². The van der Waals surface area contributed by atoms with Gasteiger partial charge in [-0.25, -0.2) is 25.3 Å². The Kier molecular flexibility index (Phi) is 15.3. The molecular weight excluding hydrogens is 1170 g/mol. The molecule has 0 amide bonds. The molecule has 0 heterocycles. The van der Waals surface area contributed by atoms with Crippen molar-refractivity contribution in [2.45, 2.75) is 29.4 Å². The van der Waals surface area contributed by atoms with Crippen molar-refractivity contribution >= 4 is 61.4 Å². The van der Waals surface area contributed by atoms with Gasteiger partial charge in [0, 0.05) is 21.1 Å². The van der Waals surface area contributed by atoms with Crippen LogP contribution in [0.5, 0.6) is 69.0 Å². The summed E-state index contributed by atoms with van der Waals surface area (Å²) in [5.41, 5.74) is 0. The second-order valence-corrected chi connectivity index (χ2v) is 24.5. The van der Waals surface area contributed by atoms with E-state index in [1.807, 2.05) is 24.3 Å². The van der Waals surface area contributed by atoms with E-state index >= 15 is 0 Å². The summed E-state index contributed by atoms with van der Waals surface area (Å²) in [5, 5.41) is 0. The van der Waals surface area contributed by atoms with Gasteiger partial charge in [0.15, 0.2) is 0 Å². The number of hydrogen-bond donors (Lipinski definition) is 0. The maximum absolute atomic E-state index is 13.7. The molecule has 0 aliphatic rings. The van der Waals surface area contributed by atoms with E-state index in [4.69, 9.17) is 28.4 Å². The molecule has 17 heteroatoms. The molecule has 0 aromatic heterocycles. The highest BCUT2D eigenvalue weighted by molar-refractivity contribution is 9.10. The lowest BCUT2D eigenvalue weighted by atomic mass is 10.3. The van der Waals surface area contributed by atoms with E-state index < -0.39 is 29.5 Å². The minimum atomic E-state index is -3.92. The van der Waals surface area contributed by atoms with Gasteiger partial charge in [-0.05, 0) is 218 Å². The summed E-state index contributed by atoms with van der Waals surface area (Å²) >= 11 is 6.78. The van der Waals surface area contributed by atoms with E-state index in [1.165, 1.54) is 72.8 Å². The molecule has 0 N–H and O–H groups in total. The standard InChI is InChI=1S/C60H40Br2O12S3/c61-41-7-11-43(12-8-41)69-45-15-27-55(28-16-45)75(63,64)57-31-19-47(20-32-57)71-51-3-1-5-53(39-51)73-49-23-35-59(36-24-49)77(67,68)60-37-25-50(26-38-60)74-54-6-2-4-52(40-54)72-48-21-33-58(34-22-48)76(65,66)56-29-17-46(18-30-56)70-44-13-9-42(62)10-14-44/h1-40H. The summed E-state index contributed by atoms with van der Waals surface area (Å²) in [4.78, 5) is 0.517. The molecule has 0 radical (unpaired) electrons. The van der Waals surface area contributed by atoms with Crippen LogP contribution in [0.15, 0.2) is 281 Å². The fourth-order valence-electron chi connectivity index (χ4n) is 7.55. The minimum Gasteiger partial charge on any atom is -0.457 e. The molecule has 0 aliphatic carbocycles. The SMILES string of the molecule is O=S(=O)(c1ccc(Oc2ccc(Br)cc2)cc1)c1ccc(Oc2cccc(Oc3ccc(S(=O)(=O)c4ccc(Oc5cccc(Oc6ccc(S(=O)(=O)c7ccc(Oc8ccc(Br)cc8)cc7)cc6)c5)cc4)cc3)c2)cc1. The summed E-state index contributed by atoms with van der Waals surface area (Å²) < 4.78 is 119. The second kappa shape index (κ2) is 22.6. The molecule has 10 rings (SSSR count). The van der Waals surface area contributed by atoms with Crippen LogP contribution in [0.2, 0.25) is 0 Å². The maximum Gasteiger partial charge on any atom is 0.206 e. The fraction of sp³-hybridized carbons (Fsp3) is 0. The smallest absolute Gasteiger partial charge is 0.206 e. The average molecular weight is 1210 g/mol. The summed E-state index contributed by atoms with van der Waals surface area (Å²) in [6.45, 7) is 0. The fourth-order valence-corrected chi connectivity index (χ4v) is 11.9. The first-order chi connectivity index (χ1) is 37.1. The molecule has 0 unspecified atom stereocenters. The topological polar surface area (TPSA) is 158 Å². The van der Waals surface area contributed by atoms with Gasteiger partial charge in [-0.15, -0.1) is 0 Å². The normalized spacial score (nSPS) is 11.6. The van der Waals surface area contributed by atoms with Crippen LogP contribution in [0.25, 0.3) is 0 Å². The van der Waals surface area contributed by atoms with Gasteiger partial charge >= 0.3 is 0 Å².